The Kier molecular flexibility index (Phi) is 5.80. The number of carbonyl (C=O) groups excluding carboxylic acids is 1. The van der Waals surface area contributed by atoms with Crippen LogP contribution in [0.15, 0.2) is 59.1 Å². The summed E-state index contributed by atoms with van der Waals surface area (Å²) in [5, 5.41) is 8.25. The van der Waals surface area contributed by atoms with Crippen LogP contribution in [0.2, 0.25) is 0 Å². The number of nitrogens with zero attached hydrogens (tertiary/aromatic N) is 5. The zero-order valence-corrected chi connectivity index (χ0v) is 17.9. The molecule has 0 atom stereocenters. The molecule has 2 aromatic heterocycles. The topological polar surface area (TPSA) is 120 Å². The number of nitrogen functional groups attached to an aromatic ring is 1. The molecule has 1 amide bonds. The maximum Gasteiger partial charge on any atom is 0.270 e. The molecule has 2 heterocycles. The molecule has 0 aliphatic heterocycles. The van der Waals surface area contributed by atoms with Crippen LogP contribution in [0, 0.1) is 0 Å². The molecule has 2 aromatic carbocycles. The Morgan fingerprint density at radius 3 is 2.50 bits per heavy atom. The molecule has 0 bridgehead atoms. The molecule has 0 saturated carbocycles. The molecule has 9 nitrogen and oxygen atoms in total. The van der Waals surface area contributed by atoms with Crippen LogP contribution in [0.4, 0.5) is 5.82 Å². The smallest absolute Gasteiger partial charge is 0.270 e. The number of anilines is 1. The predicted octanol–water partition coefficient (Wildman–Crippen LogP) is 3.54. The zero-order chi connectivity index (χ0) is 22.7. The van der Waals surface area contributed by atoms with Crippen LogP contribution < -0.4 is 10.5 Å². The van der Waals surface area contributed by atoms with Gasteiger partial charge in [0.05, 0.1) is 24.1 Å². The lowest BCUT2D eigenvalue weighted by atomic mass is 10.1. The quantitative estimate of drug-likeness (QED) is 0.493. The van der Waals surface area contributed by atoms with Crippen molar-refractivity contribution in [1.82, 2.24) is 25.1 Å². The van der Waals surface area contributed by atoms with Crippen molar-refractivity contribution in [3.8, 4) is 40.0 Å². The van der Waals surface area contributed by atoms with Crippen molar-refractivity contribution >= 4 is 11.7 Å². The molecule has 0 aliphatic rings. The van der Waals surface area contributed by atoms with Gasteiger partial charge in [0.1, 0.15) is 5.75 Å². The van der Waals surface area contributed by atoms with Crippen molar-refractivity contribution in [3.05, 3.63) is 60.3 Å². The van der Waals surface area contributed by atoms with Gasteiger partial charge in [-0.15, -0.1) is 10.2 Å². The van der Waals surface area contributed by atoms with E-state index in [0.29, 0.717) is 35.1 Å². The van der Waals surface area contributed by atoms with Gasteiger partial charge in [-0.25, -0.2) is 9.97 Å². The summed E-state index contributed by atoms with van der Waals surface area (Å²) in [6, 6.07) is 14.5. The number of benzene rings is 2. The number of nitrogens with two attached hydrogens (primary N) is 1. The lowest BCUT2D eigenvalue weighted by molar-refractivity contribution is 0.0827. The molecule has 162 valence electrons. The van der Waals surface area contributed by atoms with Crippen molar-refractivity contribution in [2.75, 3.05) is 26.4 Å². The monoisotopic (exact) mass is 430 g/mol. The van der Waals surface area contributed by atoms with E-state index in [2.05, 4.69) is 20.2 Å². The molecule has 32 heavy (non-hydrogen) atoms. The zero-order valence-electron chi connectivity index (χ0n) is 17.9. The van der Waals surface area contributed by atoms with E-state index < -0.39 is 0 Å². The minimum absolute atomic E-state index is 0.0775. The third-order valence-corrected chi connectivity index (χ3v) is 4.68. The van der Waals surface area contributed by atoms with Gasteiger partial charge in [0, 0.05) is 25.2 Å². The van der Waals surface area contributed by atoms with Crippen LogP contribution in [0.3, 0.4) is 0 Å². The summed E-state index contributed by atoms with van der Waals surface area (Å²) >= 11 is 0. The van der Waals surface area contributed by atoms with E-state index in [1.807, 2.05) is 31.2 Å². The van der Waals surface area contributed by atoms with Crippen LogP contribution in [0.1, 0.15) is 17.3 Å². The number of carbonyl (C=O) groups is 1. The Labute approximate surface area is 184 Å². The maximum absolute atomic E-state index is 12.1. The number of hydrogen-bond donors (Lipinski definition) is 1. The second kappa shape index (κ2) is 8.84. The highest BCUT2D eigenvalue weighted by Gasteiger charge is 2.19. The molecule has 0 aliphatic carbocycles. The van der Waals surface area contributed by atoms with Gasteiger partial charge in [-0.1, -0.05) is 24.3 Å². The highest BCUT2D eigenvalue weighted by molar-refractivity contribution is 5.94. The number of amides is 1. The SMILES string of the molecule is CCOc1ccccc1-c1nnc(-c2nc(-c3ccc(C(=O)N(C)C)cc3)cnc2N)o1. The first-order chi connectivity index (χ1) is 15.5. The van der Waals surface area contributed by atoms with E-state index in [4.69, 9.17) is 14.9 Å². The normalized spacial score (nSPS) is 10.7. The molecular weight excluding hydrogens is 408 g/mol. The highest BCUT2D eigenvalue weighted by Crippen LogP contribution is 2.32. The summed E-state index contributed by atoms with van der Waals surface area (Å²) in [7, 11) is 3.42. The largest absolute Gasteiger partial charge is 0.493 e. The average Bonchev–Trinajstić information content (AvgIpc) is 3.29. The second-order valence-electron chi connectivity index (χ2n) is 7.11. The molecular formula is C23H22N6O3. The summed E-state index contributed by atoms with van der Waals surface area (Å²) in [6.07, 6.45) is 1.56. The van der Waals surface area contributed by atoms with Crippen molar-refractivity contribution in [1.29, 1.82) is 0 Å². The number of rotatable bonds is 6. The summed E-state index contributed by atoms with van der Waals surface area (Å²) < 4.78 is 11.5. The number of aromatic nitrogens is 4. The molecule has 4 aromatic rings. The van der Waals surface area contributed by atoms with Crippen molar-refractivity contribution < 1.29 is 13.9 Å². The van der Waals surface area contributed by atoms with E-state index in [1.54, 1.807) is 44.6 Å². The Balaban J connectivity index is 1.67. The van der Waals surface area contributed by atoms with Crippen LogP contribution in [-0.2, 0) is 0 Å². The molecule has 0 radical (unpaired) electrons. The lowest BCUT2D eigenvalue weighted by Crippen LogP contribution is -2.21. The fourth-order valence-electron chi connectivity index (χ4n) is 3.09. The third-order valence-electron chi connectivity index (χ3n) is 4.68. The van der Waals surface area contributed by atoms with E-state index in [-0.39, 0.29) is 23.3 Å². The molecule has 2 N–H and O–H groups in total. The molecule has 0 unspecified atom stereocenters. The summed E-state index contributed by atoms with van der Waals surface area (Å²) in [4.78, 5) is 22.4. The van der Waals surface area contributed by atoms with Crippen molar-refractivity contribution in [3.63, 3.8) is 0 Å². The minimum Gasteiger partial charge on any atom is -0.493 e. The van der Waals surface area contributed by atoms with E-state index in [1.165, 1.54) is 4.90 Å². The first-order valence-corrected chi connectivity index (χ1v) is 9.98. The Hall–Kier alpha value is -4.27. The van der Waals surface area contributed by atoms with Gasteiger partial charge in [0.25, 0.3) is 17.7 Å². The van der Waals surface area contributed by atoms with Crippen LogP contribution >= 0.6 is 0 Å². The standard InChI is InChI=1S/C23H22N6O3/c1-4-31-18-8-6-5-7-16(18)21-27-28-22(32-21)19-20(24)25-13-17(26-19)14-9-11-15(12-10-14)23(30)29(2)3/h5-13H,4H2,1-3H3,(H2,24,25). The first kappa shape index (κ1) is 21.0. The fraction of sp³-hybridized carbons (Fsp3) is 0.174. The molecule has 0 saturated heterocycles. The van der Waals surface area contributed by atoms with Gasteiger partial charge in [-0.05, 0) is 31.2 Å². The Morgan fingerprint density at radius 2 is 1.78 bits per heavy atom. The van der Waals surface area contributed by atoms with Crippen molar-refractivity contribution in [2.45, 2.75) is 6.92 Å². The van der Waals surface area contributed by atoms with Gasteiger partial charge >= 0.3 is 0 Å². The van der Waals surface area contributed by atoms with Gasteiger partial charge in [-0.3, -0.25) is 4.79 Å². The lowest BCUT2D eigenvalue weighted by Gasteiger charge is -2.10. The molecule has 0 spiro atoms. The van der Waals surface area contributed by atoms with Gasteiger partial charge < -0.3 is 19.8 Å². The summed E-state index contributed by atoms with van der Waals surface area (Å²) in [6.45, 7) is 2.41. The Bertz CT molecular complexity index is 1250. The molecule has 4 rings (SSSR count). The summed E-state index contributed by atoms with van der Waals surface area (Å²) in [5.41, 5.74) is 8.92. The average molecular weight is 430 g/mol. The summed E-state index contributed by atoms with van der Waals surface area (Å²) in [5.74, 6) is 1.18. The second-order valence-corrected chi connectivity index (χ2v) is 7.11. The van der Waals surface area contributed by atoms with Crippen LogP contribution in [0.25, 0.3) is 34.3 Å². The van der Waals surface area contributed by atoms with E-state index >= 15 is 0 Å². The fourth-order valence-corrected chi connectivity index (χ4v) is 3.09. The van der Waals surface area contributed by atoms with Gasteiger partial charge in [0.2, 0.25) is 0 Å². The van der Waals surface area contributed by atoms with Crippen LogP contribution in [-0.4, -0.2) is 51.7 Å². The van der Waals surface area contributed by atoms with Crippen molar-refractivity contribution in [2.24, 2.45) is 0 Å². The highest BCUT2D eigenvalue weighted by atomic mass is 16.5. The maximum atomic E-state index is 12.1. The van der Waals surface area contributed by atoms with Gasteiger partial charge in [-0.2, -0.15) is 0 Å². The number of ether oxygens (including phenoxy) is 1. The first-order valence-electron chi connectivity index (χ1n) is 9.98. The Morgan fingerprint density at radius 1 is 1.06 bits per heavy atom. The van der Waals surface area contributed by atoms with Crippen LogP contribution in [0.5, 0.6) is 5.75 Å². The molecule has 0 fully saturated rings. The van der Waals surface area contributed by atoms with E-state index in [0.717, 1.165) is 5.56 Å². The van der Waals surface area contributed by atoms with Gasteiger partial charge in [0.15, 0.2) is 11.5 Å². The number of hydrogen-bond acceptors (Lipinski definition) is 8. The number of para-hydroxylation sites is 1. The molecule has 9 heteroatoms. The minimum atomic E-state index is -0.0775. The predicted molar refractivity (Wildman–Crippen MR) is 120 cm³/mol. The van der Waals surface area contributed by atoms with E-state index in [9.17, 15) is 4.79 Å². The third kappa shape index (κ3) is 4.13.